The lowest BCUT2D eigenvalue weighted by Gasteiger charge is -2.15. The number of nitrogens with one attached hydrogen (secondary N) is 2. The lowest BCUT2D eigenvalue weighted by molar-refractivity contribution is -0.116. The van der Waals surface area contributed by atoms with Crippen LogP contribution in [0.3, 0.4) is 0 Å². The Hall–Kier alpha value is -2.91. The molecular formula is C24H33N5O3S. The number of benzene rings is 2. The van der Waals surface area contributed by atoms with E-state index in [-0.39, 0.29) is 10.8 Å². The Kier molecular flexibility index (Phi) is 7.76. The molecule has 0 atom stereocenters. The second-order valence-electron chi connectivity index (χ2n) is 8.25. The molecule has 0 saturated heterocycles. The highest BCUT2D eigenvalue weighted by atomic mass is 32.2. The normalized spacial score (nSPS) is 11.8. The van der Waals surface area contributed by atoms with Crippen LogP contribution in [-0.4, -0.2) is 42.3 Å². The predicted octanol–water partition coefficient (Wildman–Crippen LogP) is 4.36. The Balaban J connectivity index is 1.90. The molecule has 0 spiro atoms. The highest BCUT2D eigenvalue weighted by Gasteiger charge is 2.20. The summed E-state index contributed by atoms with van der Waals surface area (Å²) in [5.74, 6) is 0.831. The largest absolute Gasteiger partial charge is 0.378 e. The van der Waals surface area contributed by atoms with Crippen molar-refractivity contribution in [3.63, 3.8) is 0 Å². The molecule has 0 aliphatic rings. The van der Waals surface area contributed by atoms with Crippen LogP contribution < -0.4 is 10.6 Å². The Morgan fingerprint density at radius 1 is 1.09 bits per heavy atom. The first-order valence-electron chi connectivity index (χ1n) is 11.2. The van der Waals surface area contributed by atoms with Crippen molar-refractivity contribution in [1.82, 2.24) is 13.9 Å². The first-order valence-corrected chi connectivity index (χ1v) is 12.7. The van der Waals surface area contributed by atoms with Gasteiger partial charge in [-0.05, 0) is 55.7 Å². The first kappa shape index (κ1) is 24.7. The van der Waals surface area contributed by atoms with E-state index in [0.717, 1.165) is 47.7 Å². The zero-order valence-corrected chi connectivity index (χ0v) is 20.8. The van der Waals surface area contributed by atoms with Gasteiger partial charge in [-0.2, -0.15) is 0 Å². The number of aryl methyl sites for hydroxylation is 1. The second-order valence-corrected chi connectivity index (χ2v) is 10.4. The number of carbonyl (C=O) groups excluding carboxylic acids is 1. The smallest absolute Gasteiger partial charge is 0.242 e. The Morgan fingerprint density at radius 2 is 1.82 bits per heavy atom. The van der Waals surface area contributed by atoms with Crippen molar-refractivity contribution >= 4 is 38.3 Å². The number of imidazole rings is 1. The zero-order chi connectivity index (χ0) is 24.2. The van der Waals surface area contributed by atoms with Gasteiger partial charge in [0.05, 0.1) is 22.5 Å². The SMILES string of the molecule is CCCC(=O)Nc1cccc(NCc2nc3cc(S(=O)(=O)N(C)C)ccc3n2CCC)c1C. The van der Waals surface area contributed by atoms with Crippen LogP contribution >= 0.6 is 0 Å². The topological polar surface area (TPSA) is 96.3 Å². The lowest BCUT2D eigenvalue weighted by Crippen LogP contribution is -2.22. The van der Waals surface area contributed by atoms with Crippen LogP contribution in [0, 0.1) is 6.92 Å². The maximum absolute atomic E-state index is 12.5. The number of sulfonamides is 1. The summed E-state index contributed by atoms with van der Waals surface area (Å²) in [5, 5.41) is 6.41. The number of carbonyl (C=O) groups is 1. The molecule has 8 nitrogen and oxygen atoms in total. The molecule has 0 fully saturated rings. The molecule has 3 rings (SSSR count). The van der Waals surface area contributed by atoms with E-state index in [1.54, 1.807) is 12.1 Å². The maximum Gasteiger partial charge on any atom is 0.242 e. The van der Waals surface area contributed by atoms with E-state index in [9.17, 15) is 13.2 Å². The van der Waals surface area contributed by atoms with Crippen LogP contribution in [0.25, 0.3) is 11.0 Å². The number of hydrogen-bond donors (Lipinski definition) is 2. The monoisotopic (exact) mass is 471 g/mol. The first-order chi connectivity index (χ1) is 15.7. The molecule has 3 aromatic rings. The second kappa shape index (κ2) is 10.4. The van der Waals surface area contributed by atoms with Gasteiger partial charge in [0, 0.05) is 38.4 Å². The van der Waals surface area contributed by atoms with Gasteiger partial charge in [0.15, 0.2) is 0 Å². The van der Waals surface area contributed by atoms with Crippen LogP contribution in [0.2, 0.25) is 0 Å². The van der Waals surface area contributed by atoms with Gasteiger partial charge in [0.1, 0.15) is 5.82 Å². The van der Waals surface area contributed by atoms with Crippen molar-refractivity contribution in [3.05, 3.63) is 47.8 Å². The molecule has 1 amide bonds. The highest BCUT2D eigenvalue weighted by molar-refractivity contribution is 7.89. The van der Waals surface area contributed by atoms with Gasteiger partial charge in [-0.25, -0.2) is 17.7 Å². The van der Waals surface area contributed by atoms with Crippen LogP contribution in [-0.2, 0) is 27.9 Å². The number of fused-ring (bicyclic) bond motifs is 1. The average Bonchev–Trinajstić information content (AvgIpc) is 3.11. The summed E-state index contributed by atoms with van der Waals surface area (Å²) >= 11 is 0. The number of aromatic nitrogens is 2. The van der Waals surface area contributed by atoms with E-state index in [4.69, 9.17) is 4.98 Å². The molecule has 2 N–H and O–H groups in total. The van der Waals surface area contributed by atoms with Gasteiger partial charge in [0.2, 0.25) is 15.9 Å². The summed E-state index contributed by atoms with van der Waals surface area (Å²) in [6, 6.07) is 10.9. The van der Waals surface area contributed by atoms with Crippen LogP contribution in [0.5, 0.6) is 0 Å². The summed E-state index contributed by atoms with van der Waals surface area (Å²) in [6.07, 6.45) is 2.21. The van der Waals surface area contributed by atoms with Crippen molar-refractivity contribution in [2.75, 3.05) is 24.7 Å². The summed E-state index contributed by atoms with van der Waals surface area (Å²) < 4.78 is 28.4. The molecule has 178 valence electrons. The molecule has 9 heteroatoms. The van der Waals surface area contributed by atoms with Crippen LogP contribution in [0.15, 0.2) is 41.3 Å². The molecule has 0 radical (unpaired) electrons. The third-order valence-corrected chi connectivity index (χ3v) is 7.36. The summed E-state index contributed by atoms with van der Waals surface area (Å²) in [7, 11) is -0.491. The van der Waals surface area contributed by atoms with E-state index >= 15 is 0 Å². The number of hydrogen-bond acceptors (Lipinski definition) is 5. The predicted molar refractivity (Wildman–Crippen MR) is 133 cm³/mol. The summed E-state index contributed by atoms with van der Waals surface area (Å²) in [5.41, 5.74) is 4.22. The zero-order valence-electron chi connectivity index (χ0n) is 20.0. The number of anilines is 2. The van der Waals surface area contributed by atoms with E-state index in [1.165, 1.54) is 18.4 Å². The molecule has 0 saturated carbocycles. The Bertz CT molecular complexity index is 1250. The van der Waals surface area contributed by atoms with Gasteiger partial charge in [-0.15, -0.1) is 0 Å². The van der Waals surface area contributed by atoms with Gasteiger partial charge < -0.3 is 15.2 Å². The van der Waals surface area contributed by atoms with E-state index in [0.29, 0.717) is 18.5 Å². The maximum atomic E-state index is 12.5. The Morgan fingerprint density at radius 3 is 2.48 bits per heavy atom. The van der Waals surface area contributed by atoms with Gasteiger partial charge in [-0.3, -0.25) is 4.79 Å². The molecule has 2 aromatic carbocycles. The fourth-order valence-electron chi connectivity index (χ4n) is 3.72. The molecule has 1 heterocycles. The fraction of sp³-hybridized carbons (Fsp3) is 0.417. The van der Waals surface area contributed by atoms with Gasteiger partial charge >= 0.3 is 0 Å². The highest BCUT2D eigenvalue weighted by Crippen LogP contribution is 2.26. The third kappa shape index (κ3) is 5.36. The van der Waals surface area contributed by atoms with Crippen molar-refractivity contribution in [3.8, 4) is 0 Å². The molecular weight excluding hydrogens is 438 g/mol. The standard InChI is InChI=1S/C24H33N5O3S/c1-6-9-24(30)27-20-11-8-10-19(17(20)3)25-16-23-26-21-15-18(33(31,32)28(4)5)12-13-22(21)29(23)14-7-2/h8,10-13,15,25H,6-7,9,14,16H2,1-5H3,(H,27,30). The van der Waals surface area contributed by atoms with Gasteiger partial charge in [-0.1, -0.05) is 19.9 Å². The van der Waals surface area contributed by atoms with Crippen LogP contribution in [0.4, 0.5) is 11.4 Å². The molecule has 0 unspecified atom stereocenters. The molecule has 0 bridgehead atoms. The number of rotatable bonds is 10. The van der Waals surface area contributed by atoms with Crippen molar-refractivity contribution in [1.29, 1.82) is 0 Å². The Labute approximate surface area is 196 Å². The summed E-state index contributed by atoms with van der Waals surface area (Å²) in [6.45, 7) is 7.29. The minimum atomic E-state index is -3.53. The molecule has 33 heavy (non-hydrogen) atoms. The van der Waals surface area contributed by atoms with Crippen molar-refractivity contribution in [2.24, 2.45) is 0 Å². The summed E-state index contributed by atoms with van der Waals surface area (Å²) in [4.78, 5) is 17.0. The lowest BCUT2D eigenvalue weighted by atomic mass is 10.1. The van der Waals surface area contributed by atoms with E-state index in [1.807, 2.05) is 38.1 Å². The average molecular weight is 472 g/mol. The molecule has 0 aliphatic carbocycles. The van der Waals surface area contributed by atoms with Gasteiger partial charge in [0.25, 0.3) is 0 Å². The quantitative estimate of drug-likeness (QED) is 0.458. The van der Waals surface area contributed by atoms with Crippen molar-refractivity contribution in [2.45, 2.75) is 58.0 Å². The molecule has 0 aliphatic heterocycles. The van der Waals surface area contributed by atoms with E-state index in [2.05, 4.69) is 22.1 Å². The minimum absolute atomic E-state index is 0.00553. The van der Waals surface area contributed by atoms with Crippen LogP contribution in [0.1, 0.15) is 44.5 Å². The van der Waals surface area contributed by atoms with Crippen molar-refractivity contribution < 1.29 is 13.2 Å². The van der Waals surface area contributed by atoms with E-state index < -0.39 is 10.0 Å². The molecule has 1 aromatic heterocycles. The fourth-order valence-corrected chi connectivity index (χ4v) is 4.64. The number of amides is 1. The number of nitrogens with zero attached hydrogens (tertiary/aromatic N) is 3. The third-order valence-electron chi connectivity index (χ3n) is 5.55. The minimum Gasteiger partial charge on any atom is -0.378 e.